The van der Waals surface area contributed by atoms with Crippen LogP contribution in [-0.2, 0) is 20.7 Å². The summed E-state index contributed by atoms with van der Waals surface area (Å²) in [6.07, 6.45) is 0.295. The lowest BCUT2D eigenvalue weighted by Gasteiger charge is -2.26. The molecule has 0 N–H and O–H groups in total. The van der Waals surface area contributed by atoms with E-state index in [1.165, 1.54) is 6.92 Å². The molecule has 0 saturated carbocycles. The van der Waals surface area contributed by atoms with Gasteiger partial charge in [-0.15, -0.1) is 5.11 Å². The molecular formula is C14H18N2O4. The minimum absolute atomic E-state index is 0.295. The number of carbonyl (C=O) groups excluding carboxylic acids is 1. The Balaban J connectivity index is 2.20. The highest BCUT2D eigenvalue weighted by molar-refractivity contribution is 5.66. The number of benzene rings is 1. The monoisotopic (exact) mass is 278 g/mol. The Labute approximate surface area is 117 Å². The molecule has 0 aromatic heterocycles. The molecule has 6 heteroatoms. The highest BCUT2D eigenvalue weighted by Gasteiger charge is 2.46. The van der Waals surface area contributed by atoms with E-state index in [2.05, 4.69) is 10.2 Å². The molecule has 0 radical (unpaired) electrons. The van der Waals surface area contributed by atoms with Crippen molar-refractivity contribution in [3.05, 3.63) is 29.8 Å². The number of rotatable bonds is 4. The Morgan fingerprint density at radius 1 is 1.25 bits per heavy atom. The highest BCUT2D eigenvalue weighted by Crippen LogP contribution is 2.35. The Kier molecular flexibility index (Phi) is 3.76. The van der Waals surface area contributed by atoms with Gasteiger partial charge in [-0.2, -0.15) is 5.11 Å². The second-order valence-corrected chi connectivity index (χ2v) is 5.08. The van der Waals surface area contributed by atoms with Crippen molar-refractivity contribution in [3.63, 3.8) is 0 Å². The predicted octanol–water partition coefficient (Wildman–Crippen LogP) is 2.67. The number of hydrogen-bond donors (Lipinski definition) is 0. The number of carbonyl (C=O) groups is 1. The first kappa shape index (κ1) is 14.5. The van der Waals surface area contributed by atoms with Gasteiger partial charge in [0.1, 0.15) is 5.75 Å². The molecule has 2 rings (SSSR count). The minimum Gasteiger partial charge on any atom is -0.497 e. The van der Waals surface area contributed by atoms with E-state index < -0.39 is 17.6 Å². The Hall–Kier alpha value is -1.95. The van der Waals surface area contributed by atoms with Gasteiger partial charge in [0.2, 0.25) is 0 Å². The maximum Gasteiger partial charge on any atom is 0.338 e. The lowest BCUT2D eigenvalue weighted by molar-refractivity contribution is -0.241. The van der Waals surface area contributed by atoms with Gasteiger partial charge < -0.3 is 9.47 Å². The van der Waals surface area contributed by atoms with Crippen LogP contribution >= 0.6 is 0 Å². The summed E-state index contributed by atoms with van der Waals surface area (Å²) in [5.74, 6) is -1.09. The number of nitrogens with zero attached hydrogens (tertiary/aromatic N) is 2. The predicted molar refractivity (Wildman–Crippen MR) is 71.2 cm³/mol. The molecule has 0 spiro atoms. The first-order valence-electron chi connectivity index (χ1n) is 6.31. The standard InChI is InChI=1S/C14H18N2O4/c1-10(17)19-14(16-15-13(2,3)20-14)9-11-5-7-12(18-4)8-6-11/h5-8H,9H2,1-4H3. The fourth-order valence-corrected chi connectivity index (χ4v) is 2.00. The van der Waals surface area contributed by atoms with Gasteiger partial charge in [0.05, 0.1) is 13.5 Å². The zero-order valence-electron chi connectivity index (χ0n) is 12.0. The minimum atomic E-state index is -1.38. The van der Waals surface area contributed by atoms with Crippen LogP contribution in [0.3, 0.4) is 0 Å². The first-order chi connectivity index (χ1) is 9.34. The van der Waals surface area contributed by atoms with Crippen LogP contribution in [0.25, 0.3) is 0 Å². The number of methoxy groups -OCH3 is 1. The summed E-state index contributed by atoms with van der Waals surface area (Å²) >= 11 is 0. The molecule has 1 aromatic carbocycles. The van der Waals surface area contributed by atoms with Crippen LogP contribution in [0.2, 0.25) is 0 Å². The molecule has 108 valence electrons. The third-order valence-electron chi connectivity index (χ3n) is 2.74. The quantitative estimate of drug-likeness (QED) is 0.794. The zero-order valence-corrected chi connectivity index (χ0v) is 12.0. The molecule has 1 unspecified atom stereocenters. The van der Waals surface area contributed by atoms with Gasteiger partial charge in [-0.05, 0) is 31.5 Å². The van der Waals surface area contributed by atoms with Gasteiger partial charge in [-0.25, -0.2) is 0 Å². The van der Waals surface area contributed by atoms with Gasteiger partial charge >= 0.3 is 11.9 Å². The third kappa shape index (κ3) is 3.33. The first-order valence-corrected chi connectivity index (χ1v) is 6.31. The van der Waals surface area contributed by atoms with Crippen molar-refractivity contribution >= 4 is 5.97 Å². The number of esters is 1. The molecule has 1 atom stereocenters. The van der Waals surface area contributed by atoms with Crippen LogP contribution in [0, 0.1) is 0 Å². The van der Waals surface area contributed by atoms with Gasteiger partial charge in [0.25, 0.3) is 0 Å². The normalized spacial score (nSPS) is 23.6. The van der Waals surface area contributed by atoms with E-state index in [4.69, 9.17) is 14.2 Å². The molecule has 1 aliphatic heterocycles. The largest absolute Gasteiger partial charge is 0.497 e. The maximum absolute atomic E-state index is 11.3. The van der Waals surface area contributed by atoms with E-state index in [1.54, 1.807) is 21.0 Å². The van der Waals surface area contributed by atoms with Crippen molar-refractivity contribution in [2.45, 2.75) is 38.8 Å². The lowest BCUT2D eigenvalue weighted by atomic mass is 10.1. The van der Waals surface area contributed by atoms with Crippen LogP contribution < -0.4 is 4.74 Å². The molecule has 20 heavy (non-hydrogen) atoms. The van der Waals surface area contributed by atoms with Gasteiger partial charge in [0, 0.05) is 6.92 Å². The van der Waals surface area contributed by atoms with Crippen LogP contribution in [0.5, 0.6) is 5.75 Å². The van der Waals surface area contributed by atoms with Crippen molar-refractivity contribution in [2.75, 3.05) is 7.11 Å². The summed E-state index contributed by atoms with van der Waals surface area (Å²) < 4.78 is 16.0. The third-order valence-corrected chi connectivity index (χ3v) is 2.74. The molecule has 0 aliphatic carbocycles. The SMILES string of the molecule is COc1ccc(CC2(OC(C)=O)N=NC(C)(C)O2)cc1. The molecular weight excluding hydrogens is 260 g/mol. The van der Waals surface area contributed by atoms with Crippen LogP contribution in [0.15, 0.2) is 34.5 Å². The topological polar surface area (TPSA) is 69.5 Å². The van der Waals surface area contributed by atoms with Gasteiger partial charge in [-0.3, -0.25) is 9.53 Å². The van der Waals surface area contributed by atoms with E-state index in [9.17, 15) is 4.79 Å². The number of hydrogen-bond acceptors (Lipinski definition) is 6. The summed E-state index contributed by atoms with van der Waals surface area (Å²) in [6, 6.07) is 7.39. The average molecular weight is 278 g/mol. The van der Waals surface area contributed by atoms with E-state index >= 15 is 0 Å². The van der Waals surface area contributed by atoms with E-state index in [-0.39, 0.29) is 0 Å². The molecule has 0 bridgehead atoms. The molecule has 0 amide bonds. The van der Waals surface area contributed by atoms with Crippen LogP contribution in [0.1, 0.15) is 26.3 Å². The van der Waals surface area contributed by atoms with Crippen molar-refractivity contribution < 1.29 is 19.0 Å². The van der Waals surface area contributed by atoms with E-state index in [0.29, 0.717) is 6.42 Å². The Morgan fingerprint density at radius 2 is 1.90 bits per heavy atom. The van der Waals surface area contributed by atoms with E-state index in [0.717, 1.165) is 11.3 Å². The fraction of sp³-hybridized carbons (Fsp3) is 0.500. The van der Waals surface area contributed by atoms with Crippen molar-refractivity contribution in [3.8, 4) is 5.75 Å². The lowest BCUT2D eigenvalue weighted by Crippen LogP contribution is -2.39. The zero-order chi connectivity index (χ0) is 14.8. The van der Waals surface area contributed by atoms with Crippen molar-refractivity contribution in [1.82, 2.24) is 0 Å². The van der Waals surface area contributed by atoms with Gasteiger partial charge in [0.15, 0.2) is 5.72 Å². The molecule has 0 fully saturated rings. The van der Waals surface area contributed by atoms with Gasteiger partial charge in [-0.1, -0.05) is 12.1 Å². The highest BCUT2D eigenvalue weighted by atomic mass is 16.8. The number of azo groups is 1. The second-order valence-electron chi connectivity index (χ2n) is 5.08. The summed E-state index contributed by atoms with van der Waals surface area (Å²) in [6.45, 7) is 4.84. The van der Waals surface area contributed by atoms with Crippen LogP contribution in [-0.4, -0.2) is 24.7 Å². The average Bonchev–Trinajstić information content (AvgIpc) is 2.64. The molecule has 0 saturated heterocycles. The van der Waals surface area contributed by atoms with Crippen molar-refractivity contribution in [1.29, 1.82) is 0 Å². The maximum atomic E-state index is 11.3. The van der Waals surface area contributed by atoms with E-state index in [1.807, 2.05) is 24.3 Å². The smallest absolute Gasteiger partial charge is 0.338 e. The molecule has 6 nitrogen and oxygen atoms in total. The summed E-state index contributed by atoms with van der Waals surface area (Å²) in [4.78, 5) is 11.3. The second kappa shape index (κ2) is 5.20. The van der Waals surface area contributed by atoms with Crippen molar-refractivity contribution in [2.24, 2.45) is 10.2 Å². The Morgan fingerprint density at radius 3 is 2.35 bits per heavy atom. The summed E-state index contributed by atoms with van der Waals surface area (Å²) in [5.41, 5.74) is 0.103. The molecule has 1 aliphatic rings. The van der Waals surface area contributed by atoms with Crippen LogP contribution in [0.4, 0.5) is 0 Å². The number of ether oxygens (including phenoxy) is 3. The summed E-state index contributed by atoms with van der Waals surface area (Å²) in [5, 5.41) is 8.03. The summed E-state index contributed by atoms with van der Waals surface area (Å²) in [7, 11) is 1.60. The Bertz CT molecular complexity index is 524. The fourth-order valence-electron chi connectivity index (χ4n) is 2.00. The molecule has 1 heterocycles. The molecule has 1 aromatic rings.